The second kappa shape index (κ2) is 3.85. The molecule has 4 heteroatoms. The number of hydrogen-bond acceptors (Lipinski definition) is 3. The van der Waals surface area contributed by atoms with Crippen LogP contribution < -0.4 is 5.73 Å². The second-order valence-corrected chi connectivity index (χ2v) is 3.59. The highest BCUT2D eigenvalue weighted by atomic mass is 35.5. The lowest BCUT2D eigenvalue weighted by Crippen LogP contribution is -2.07. The molecule has 2 nitrogen and oxygen atoms in total. The first-order valence-corrected chi connectivity index (χ1v) is 4.47. The fourth-order valence-electron chi connectivity index (χ4n) is 0.759. The summed E-state index contributed by atoms with van der Waals surface area (Å²) in [5.41, 5.74) is 5.82. The van der Waals surface area contributed by atoms with Crippen LogP contribution in [0.25, 0.3) is 0 Å². The van der Waals surface area contributed by atoms with E-state index in [0.717, 1.165) is 0 Å². The number of ketones is 1. The molecule has 1 aromatic rings. The van der Waals surface area contributed by atoms with Crippen molar-refractivity contribution in [2.75, 3.05) is 6.54 Å². The normalized spacial score (nSPS) is 10.0. The van der Waals surface area contributed by atoms with Gasteiger partial charge in [0.15, 0.2) is 5.78 Å². The molecule has 2 N–H and O–H groups in total. The van der Waals surface area contributed by atoms with Crippen LogP contribution in [0.5, 0.6) is 0 Å². The van der Waals surface area contributed by atoms with E-state index >= 15 is 0 Å². The number of hydrogen-bond donors (Lipinski definition) is 1. The van der Waals surface area contributed by atoms with Gasteiger partial charge in [-0.05, 0) is 18.0 Å². The quantitative estimate of drug-likeness (QED) is 0.739. The Balaban J connectivity index is 2.76. The molecule has 1 aromatic heterocycles. The van der Waals surface area contributed by atoms with Gasteiger partial charge in [0, 0.05) is 12.0 Å². The summed E-state index contributed by atoms with van der Waals surface area (Å²) in [5, 5.41) is 1.80. The van der Waals surface area contributed by atoms with Crippen LogP contribution in [-0.2, 0) is 0 Å². The standard InChI is InChI=1S/C7H8ClNOS/c8-7-5(2-4-11-7)6(10)1-3-9/h2,4H,1,3,9H2. The summed E-state index contributed by atoms with van der Waals surface area (Å²) in [6.45, 7) is 0.380. The number of thiophene rings is 1. The van der Waals surface area contributed by atoms with Crippen LogP contribution in [0.3, 0.4) is 0 Å². The summed E-state index contributed by atoms with van der Waals surface area (Å²) in [7, 11) is 0. The number of carbonyl (C=O) groups excluding carboxylic acids is 1. The van der Waals surface area contributed by atoms with E-state index in [-0.39, 0.29) is 5.78 Å². The molecule has 11 heavy (non-hydrogen) atoms. The summed E-state index contributed by atoms with van der Waals surface area (Å²) < 4.78 is 0.559. The monoisotopic (exact) mass is 189 g/mol. The van der Waals surface area contributed by atoms with Crippen molar-refractivity contribution in [1.82, 2.24) is 0 Å². The molecule has 0 aliphatic heterocycles. The van der Waals surface area contributed by atoms with Crippen LogP contribution in [0, 0.1) is 0 Å². The Morgan fingerprint density at radius 1 is 1.73 bits per heavy atom. The van der Waals surface area contributed by atoms with Crippen LogP contribution in [0.2, 0.25) is 4.34 Å². The van der Waals surface area contributed by atoms with Crippen molar-refractivity contribution >= 4 is 28.7 Å². The van der Waals surface area contributed by atoms with Crippen molar-refractivity contribution in [1.29, 1.82) is 0 Å². The van der Waals surface area contributed by atoms with Gasteiger partial charge in [-0.3, -0.25) is 4.79 Å². The van der Waals surface area contributed by atoms with Crippen LogP contribution in [0.1, 0.15) is 16.8 Å². The Morgan fingerprint density at radius 2 is 2.45 bits per heavy atom. The molecular weight excluding hydrogens is 182 g/mol. The number of carbonyl (C=O) groups is 1. The maximum absolute atomic E-state index is 11.2. The van der Waals surface area contributed by atoms with E-state index in [1.807, 2.05) is 0 Å². The molecule has 0 saturated carbocycles. The molecule has 1 heterocycles. The van der Waals surface area contributed by atoms with E-state index in [0.29, 0.717) is 22.9 Å². The first kappa shape index (κ1) is 8.71. The molecule has 0 amide bonds. The van der Waals surface area contributed by atoms with Gasteiger partial charge in [0.05, 0.1) is 0 Å². The summed E-state index contributed by atoms with van der Waals surface area (Å²) in [6.07, 6.45) is 0.371. The Labute approximate surface area is 74.0 Å². The zero-order valence-corrected chi connectivity index (χ0v) is 7.41. The Bertz CT molecular complexity index is 259. The van der Waals surface area contributed by atoms with E-state index in [1.165, 1.54) is 11.3 Å². The minimum Gasteiger partial charge on any atom is -0.330 e. The van der Waals surface area contributed by atoms with Crippen molar-refractivity contribution in [2.24, 2.45) is 5.73 Å². The highest BCUT2D eigenvalue weighted by molar-refractivity contribution is 7.14. The van der Waals surface area contributed by atoms with Crippen molar-refractivity contribution in [2.45, 2.75) is 6.42 Å². The van der Waals surface area contributed by atoms with Gasteiger partial charge in [0.25, 0.3) is 0 Å². The highest BCUT2D eigenvalue weighted by Crippen LogP contribution is 2.23. The summed E-state index contributed by atoms with van der Waals surface area (Å²) >= 11 is 7.09. The van der Waals surface area contributed by atoms with E-state index < -0.39 is 0 Å². The van der Waals surface area contributed by atoms with Crippen molar-refractivity contribution in [3.63, 3.8) is 0 Å². The number of rotatable bonds is 3. The summed E-state index contributed by atoms with van der Waals surface area (Å²) in [6, 6.07) is 1.73. The lowest BCUT2D eigenvalue weighted by atomic mass is 10.2. The van der Waals surface area contributed by atoms with Crippen LogP contribution in [0.15, 0.2) is 11.4 Å². The zero-order valence-electron chi connectivity index (χ0n) is 5.84. The van der Waals surface area contributed by atoms with Gasteiger partial charge < -0.3 is 5.73 Å². The van der Waals surface area contributed by atoms with Gasteiger partial charge in [-0.2, -0.15) is 0 Å². The van der Waals surface area contributed by atoms with Crippen LogP contribution in [0.4, 0.5) is 0 Å². The van der Waals surface area contributed by atoms with Gasteiger partial charge in [-0.15, -0.1) is 11.3 Å². The predicted octanol–water partition coefficient (Wildman–Crippen LogP) is 1.93. The molecule has 1 rings (SSSR count). The average molecular weight is 190 g/mol. The number of Topliss-reactive ketones (excluding diaryl/α,β-unsaturated/α-hetero) is 1. The van der Waals surface area contributed by atoms with E-state index in [1.54, 1.807) is 11.4 Å². The van der Waals surface area contributed by atoms with Crippen molar-refractivity contribution in [3.8, 4) is 0 Å². The average Bonchev–Trinajstić information content (AvgIpc) is 2.36. The predicted molar refractivity (Wildman–Crippen MR) is 47.3 cm³/mol. The number of halogens is 1. The van der Waals surface area contributed by atoms with Gasteiger partial charge >= 0.3 is 0 Å². The highest BCUT2D eigenvalue weighted by Gasteiger charge is 2.09. The third-order valence-electron chi connectivity index (χ3n) is 1.29. The first-order valence-electron chi connectivity index (χ1n) is 3.22. The second-order valence-electron chi connectivity index (χ2n) is 2.07. The Hall–Kier alpha value is -0.380. The fraction of sp³-hybridized carbons (Fsp3) is 0.286. The lowest BCUT2D eigenvalue weighted by molar-refractivity contribution is 0.0986. The van der Waals surface area contributed by atoms with E-state index in [9.17, 15) is 4.79 Å². The SMILES string of the molecule is NCCC(=O)c1ccsc1Cl. The summed E-state index contributed by atoms with van der Waals surface area (Å²) in [4.78, 5) is 11.2. The van der Waals surface area contributed by atoms with Gasteiger partial charge in [-0.25, -0.2) is 0 Å². The van der Waals surface area contributed by atoms with Crippen LogP contribution in [-0.4, -0.2) is 12.3 Å². The maximum atomic E-state index is 11.2. The van der Waals surface area contributed by atoms with E-state index in [2.05, 4.69) is 0 Å². The molecule has 0 aliphatic carbocycles. The first-order chi connectivity index (χ1) is 5.25. The lowest BCUT2D eigenvalue weighted by Gasteiger charge is -1.94. The molecule has 0 fully saturated rings. The van der Waals surface area contributed by atoms with Gasteiger partial charge in [-0.1, -0.05) is 11.6 Å². The van der Waals surface area contributed by atoms with Crippen LogP contribution >= 0.6 is 22.9 Å². The van der Waals surface area contributed by atoms with E-state index in [4.69, 9.17) is 17.3 Å². The van der Waals surface area contributed by atoms with Crippen molar-refractivity contribution < 1.29 is 4.79 Å². The zero-order chi connectivity index (χ0) is 8.27. The molecule has 0 radical (unpaired) electrons. The third kappa shape index (κ3) is 2.02. The van der Waals surface area contributed by atoms with Crippen molar-refractivity contribution in [3.05, 3.63) is 21.3 Å². The largest absolute Gasteiger partial charge is 0.330 e. The smallest absolute Gasteiger partial charge is 0.166 e. The Morgan fingerprint density at radius 3 is 2.91 bits per heavy atom. The molecule has 0 bridgehead atoms. The topological polar surface area (TPSA) is 43.1 Å². The summed E-state index contributed by atoms with van der Waals surface area (Å²) in [5.74, 6) is 0.0266. The molecule has 0 unspecified atom stereocenters. The fourth-order valence-corrected chi connectivity index (χ4v) is 1.71. The molecule has 60 valence electrons. The molecule has 0 saturated heterocycles. The minimum absolute atomic E-state index is 0.0266. The molecule has 0 aromatic carbocycles. The molecular formula is C7H8ClNOS. The molecule has 0 aliphatic rings. The number of nitrogens with two attached hydrogens (primary N) is 1. The minimum atomic E-state index is 0.0266. The molecule has 0 spiro atoms. The van der Waals surface area contributed by atoms with Gasteiger partial charge in [0.2, 0.25) is 0 Å². The maximum Gasteiger partial charge on any atom is 0.166 e. The van der Waals surface area contributed by atoms with Gasteiger partial charge in [0.1, 0.15) is 4.34 Å². The molecule has 0 atom stereocenters. The third-order valence-corrected chi connectivity index (χ3v) is 2.46. The Kier molecular flexibility index (Phi) is 3.05.